The lowest BCUT2D eigenvalue weighted by molar-refractivity contribution is 0.271. The number of halogens is 1. The van der Waals surface area contributed by atoms with E-state index in [0.717, 1.165) is 23.2 Å². The first-order valence-corrected chi connectivity index (χ1v) is 9.45. The second-order valence-corrected chi connectivity index (χ2v) is 7.13. The molecule has 154 valence electrons. The Balaban J connectivity index is 1.85. The average molecular weight is 401 g/mol. The Labute approximate surface area is 167 Å². The van der Waals surface area contributed by atoms with Gasteiger partial charge in [-0.15, -0.1) is 0 Å². The van der Waals surface area contributed by atoms with Crippen LogP contribution in [0.25, 0.3) is 0 Å². The number of ether oxygens (including phenoxy) is 1. The highest BCUT2D eigenvalue weighted by atomic mass is 19.1. The second kappa shape index (κ2) is 8.46. The molecule has 1 atom stereocenters. The van der Waals surface area contributed by atoms with Gasteiger partial charge in [0.2, 0.25) is 0 Å². The van der Waals surface area contributed by atoms with Crippen LogP contribution in [-0.4, -0.2) is 20.2 Å². The van der Waals surface area contributed by atoms with Crippen molar-refractivity contribution in [3.8, 4) is 11.5 Å². The summed E-state index contributed by atoms with van der Waals surface area (Å²) in [5.74, 6) is -0.599. The highest BCUT2D eigenvalue weighted by Gasteiger charge is 2.17. The van der Waals surface area contributed by atoms with Crippen LogP contribution in [0.5, 0.6) is 11.5 Å². The first-order chi connectivity index (χ1) is 13.8. The Hall–Kier alpha value is -3.16. The maximum atomic E-state index is 14.9. The molecule has 1 aromatic carbocycles. The number of pyridine rings is 1. The van der Waals surface area contributed by atoms with Gasteiger partial charge in [-0.1, -0.05) is 19.0 Å². The SMILES string of the molecule is CCC(C)c1nc(Cc2c(C)cc(OCc3noc(=O)[nH]3)c(F)c2C)ccc1O. The van der Waals surface area contributed by atoms with Crippen LogP contribution in [-0.2, 0) is 13.0 Å². The van der Waals surface area contributed by atoms with Gasteiger partial charge in [0.05, 0.1) is 5.69 Å². The first kappa shape index (κ1) is 20.6. The van der Waals surface area contributed by atoms with Crippen LogP contribution >= 0.6 is 0 Å². The summed E-state index contributed by atoms with van der Waals surface area (Å²) in [6, 6.07) is 5.01. The Morgan fingerprint density at radius 3 is 2.76 bits per heavy atom. The molecule has 3 aromatic rings. The smallest absolute Gasteiger partial charge is 0.439 e. The van der Waals surface area contributed by atoms with Gasteiger partial charge < -0.3 is 9.84 Å². The maximum absolute atomic E-state index is 14.9. The molecule has 0 bridgehead atoms. The first-order valence-electron chi connectivity index (χ1n) is 9.45. The van der Waals surface area contributed by atoms with E-state index in [9.17, 15) is 14.3 Å². The number of hydrogen-bond acceptors (Lipinski definition) is 6. The van der Waals surface area contributed by atoms with E-state index in [0.29, 0.717) is 17.7 Å². The van der Waals surface area contributed by atoms with Gasteiger partial charge in [-0.3, -0.25) is 14.5 Å². The van der Waals surface area contributed by atoms with Gasteiger partial charge in [0.1, 0.15) is 12.4 Å². The summed E-state index contributed by atoms with van der Waals surface area (Å²) >= 11 is 0. The number of hydrogen-bond donors (Lipinski definition) is 2. The Morgan fingerprint density at radius 1 is 1.34 bits per heavy atom. The number of nitrogens with one attached hydrogen (secondary N) is 1. The van der Waals surface area contributed by atoms with Crippen LogP contribution in [0.15, 0.2) is 27.5 Å². The number of aromatic hydroxyl groups is 1. The topological polar surface area (TPSA) is 101 Å². The molecule has 0 amide bonds. The van der Waals surface area contributed by atoms with Crippen LogP contribution in [0, 0.1) is 19.7 Å². The zero-order chi connectivity index (χ0) is 21.1. The van der Waals surface area contributed by atoms with Gasteiger partial charge in [0, 0.05) is 18.0 Å². The van der Waals surface area contributed by atoms with Gasteiger partial charge in [-0.05, 0) is 55.2 Å². The minimum Gasteiger partial charge on any atom is -0.506 e. The fourth-order valence-corrected chi connectivity index (χ4v) is 3.15. The summed E-state index contributed by atoms with van der Waals surface area (Å²) in [7, 11) is 0. The van der Waals surface area contributed by atoms with E-state index >= 15 is 0 Å². The van der Waals surface area contributed by atoms with Crippen molar-refractivity contribution in [1.29, 1.82) is 0 Å². The van der Waals surface area contributed by atoms with Crippen LogP contribution < -0.4 is 10.5 Å². The summed E-state index contributed by atoms with van der Waals surface area (Å²) in [6.45, 7) is 7.51. The Morgan fingerprint density at radius 2 is 2.10 bits per heavy atom. The highest BCUT2D eigenvalue weighted by molar-refractivity contribution is 5.45. The molecule has 0 aliphatic carbocycles. The number of aromatic nitrogens is 3. The van der Waals surface area contributed by atoms with Crippen molar-refractivity contribution >= 4 is 0 Å². The third kappa shape index (κ3) is 4.47. The molecule has 0 aliphatic rings. The van der Waals surface area contributed by atoms with E-state index in [2.05, 4.69) is 19.6 Å². The quantitative estimate of drug-likeness (QED) is 0.623. The van der Waals surface area contributed by atoms with E-state index in [1.807, 2.05) is 20.8 Å². The van der Waals surface area contributed by atoms with E-state index in [1.54, 1.807) is 25.1 Å². The molecule has 2 heterocycles. The largest absolute Gasteiger partial charge is 0.506 e. The lowest BCUT2D eigenvalue weighted by Gasteiger charge is -2.16. The highest BCUT2D eigenvalue weighted by Crippen LogP contribution is 2.30. The van der Waals surface area contributed by atoms with E-state index in [1.165, 1.54) is 0 Å². The third-order valence-corrected chi connectivity index (χ3v) is 5.07. The number of benzene rings is 1. The summed E-state index contributed by atoms with van der Waals surface area (Å²) in [5.41, 5.74) is 3.55. The molecule has 0 saturated heterocycles. The molecular weight excluding hydrogens is 377 g/mol. The number of nitrogens with zero attached hydrogens (tertiary/aromatic N) is 2. The number of aromatic amines is 1. The summed E-state index contributed by atoms with van der Waals surface area (Å²) < 4.78 is 24.7. The standard InChI is InChI=1S/C21H24FN3O4/c1-5-11(2)20-16(26)7-6-14(23-20)9-15-12(3)8-17(19(22)13(15)4)28-10-18-24-21(27)29-25-18/h6-8,11,26H,5,9-10H2,1-4H3,(H,24,25,27). The molecule has 8 heteroatoms. The normalized spacial score (nSPS) is 12.2. The molecule has 0 spiro atoms. The molecule has 0 saturated carbocycles. The fourth-order valence-electron chi connectivity index (χ4n) is 3.15. The summed E-state index contributed by atoms with van der Waals surface area (Å²) in [5, 5.41) is 13.6. The van der Waals surface area contributed by atoms with Crippen molar-refractivity contribution in [3.05, 3.63) is 68.5 Å². The van der Waals surface area contributed by atoms with Crippen LogP contribution in [0.4, 0.5) is 4.39 Å². The lowest BCUT2D eigenvalue weighted by Crippen LogP contribution is -2.07. The molecular formula is C21H24FN3O4. The van der Waals surface area contributed by atoms with Crippen molar-refractivity contribution < 1.29 is 18.8 Å². The number of rotatable bonds is 7. The van der Waals surface area contributed by atoms with E-state index in [-0.39, 0.29) is 29.8 Å². The Kier molecular flexibility index (Phi) is 6.00. The van der Waals surface area contributed by atoms with Crippen molar-refractivity contribution in [1.82, 2.24) is 15.1 Å². The minimum atomic E-state index is -0.690. The molecule has 2 N–H and O–H groups in total. The predicted octanol–water partition coefficient (Wildman–Crippen LogP) is 3.90. The monoisotopic (exact) mass is 401 g/mol. The lowest BCUT2D eigenvalue weighted by atomic mass is 9.96. The van der Waals surface area contributed by atoms with Gasteiger partial charge in [-0.25, -0.2) is 9.18 Å². The molecule has 29 heavy (non-hydrogen) atoms. The second-order valence-electron chi connectivity index (χ2n) is 7.13. The summed E-state index contributed by atoms with van der Waals surface area (Å²) in [6.07, 6.45) is 1.30. The zero-order valence-corrected chi connectivity index (χ0v) is 16.9. The Bertz CT molecular complexity index is 1070. The molecule has 0 radical (unpaired) electrons. The van der Waals surface area contributed by atoms with Gasteiger partial charge in [0.15, 0.2) is 17.4 Å². The van der Waals surface area contributed by atoms with Crippen molar-refractivity contribution in [2.24, 2.45) is 0 Å². The maximum Gasteiger partial charge on any atom is 0.439 e. The average Bonchev–Trinajstić information content (AvgIpc) is 3.12. The van der Waals surface area contributed by atoms with Crippen LogP contribution in [0.3, 0.4) is 0 Å². The van der Waals surface area contributed by atoms with Crippen molar-refractivity contribution in [2.45, 2.75) is 53.1 Å². The minimum absolute atomic E-state index is 0.0755. The number of H-pyrrole nitrogens is 1. The fraction of sp³-hybridized carbons (Fsp3) is 0.381. The van der Waals surface area contributed by atoms with Gasteiger partial charge in [-0.2, -0.15) is 0 Å². The zero-order valence-electron chi connectivity index (χ0n) is 16.9. The third-order valence-electron chi connectivity index (χ3n) is 5.07. The molecule has 0 aliphatic heterocycles. The van der Waals surface area contributed by atoms with Crippen LogP contribution in [0.1, 0.15) is 60.1 Å². The van der Waals surface area contributed by atoms with Crippen LogP contribution in [0.2, 0.25) is 0 Å². The van der Waals surface area contributed by atoms with E-state index in [4.69, 9.17) is 4.74 Å². The molecule has 7 nitrogen and oxygen atoms in total. The van der Waals surface area contributed by atoms with Crippen molar-refractivity contribution in [2.75, 3.05) is 0 Å². The summed E-state index contributed by atoms with van der Waals surface area (Å²) in [4.78, 5) is 17.9. The van der Waals surface area contributed by atoms with Gasteiger partial charge in [0.25, 0.3) is 0 Å². The van der Waals surface area contributed by atoms with Crippen molar-refractivity contribution in [3.63, 3.8) is 0 Å². The molecule has 2 aromatic heterocycles. The molecule has 3 rings (SSSR count). The predicted molar refractivity (Wildman–Crippen MR) is 105 cm³/mol. The van der Waals surface area contributed by atoms with Gasteiger partial charge >= 0.3 is 5.76 Å². The van der Waals surface area contributed by atoms with E-state index < -0.39 is 11.6 Å². The molecule has 0 fully saturated rings. The molecule has 1 unspecified atom stereocenters. The number of aryl methyl sites for hydroxylation is 1.